The van der Waals surface area contributed by atoms with Crippen LogP contribution in [-0.2, 0) is 17.6 Å². The van der Waals surface area contributed by atoms with E-state index in [0.717, 1.165) is 24.2 Å². The average molecular weight is 311 g/mol. The van der Waals surface area contributed by atoms with Gasteiger partial charge in [-0.1, -0.05) is 37.3 Å². The molecule has 0 spiro atoms. The van der Waals surface area contributed by atoms with Crippen LogP contribution in [0.2, 0.25) is 0 Å². The van der Waals surface area contributed by atoms with Gasteiger partial charge in [-0.25, -0.2) is 0 Å². The van der Waals surface area contributed by atoms with Crippen molar-refractivity contribution in [2.45, 2.75) is 32.7 Å². The molecule has 0 saturated carbocycles. The number of likely N-dealkylation sites (N-methyl/N-ethyl adjacent to an activating group) is 1. The van der Waals surface area contributed by atoms with Crippen LogP contribution < -0.4 is 10.1 Å². The minimum atomic E-state index is -0.118. The number of ether oxygens (including phenoxy) is 1. The van der Waals surface area contributed by atoms with E-state index in [1.54, 1.807) is 14.0 Å². The molecular formula is C20H25NO2. The van der Waals surface area contributed by atoms with Crippen LogP contribution in [0.25, 0.3) is 11.1 Å². The predicted octanol–water partition coefficient (Wildman–Crippen LogP) is 3.64. The van der Waals surface area contributed by atoms with Gasteiger partial charge in [-0.2, -0.15) is 0 Å². The summed E-state index contributed by atoms with van der Waals surface area (Å²) in [4.78, 5) is 11.5. The molecule has 3 heteroatoms. The van der Waals surface area contributed by atoms with E-state index in [1.807, 2.05) is 13.1 Å². The molecule has 0 bridgehead atoms. The molecule has 0 aliphatic heterocycles. The van der Waals surface area contributed by atoms with Crippen molar-refractivity contribution in [2.75, 3.05) is 14.2 Å². The first-order chi connectivity index (χ1) is 11.1. The Morgan fingerprint density at radius 1 is 1.17 bits per heavy atom. The minimum absolute atomic E-state index is 0.118. The maximum Gasteiger partial charge on any atom is 0.147 e. The SMILES string of the molecule is CCc1cc(OC)ccc1-c1ccc(C[C@H](NC)C(C)=O)cc1. The molecule has 0 aliphatic rings. The summed E-state index contributed by atoms with van der Waals surface area (Å²) in [6.07, 6.45) is 1.68. The lowest BCUT2D eigenvalue weighted by Gasteiger charge is -2.14. The number of benzene rings is 2. The van der Waals surface area contributed by atoms with Gasteiger partial charge in [0.15, 0.2) is 0 Å². The van der Waals surface area contributed by atoms with Crippen LogP contribution in [0, 0.1) is 0 Å². The molecule has 0 radical (unpaired) electrons. The smallest absolute Gasteiger partial charge is 0.147 e. The Kier molecular flexibility index (Phi) is 5.94. The Hall–Kier alpha value is -2.13. The number of hydrogen-bond acceptors (Lipinski definition) is 3. The van der Waals surface area contributed by atoms with E-state index in [4.69, 9.17) is 4.74 Å². The van der Waals surface area contributed by atoms with Crippen molar-refractivity contribution in [2.24, 2.45) is 0 Å². The number of nitrogens with one attached hydrogen (secondary N) is 1. The van der Waals surface area contributed by atoms with Gasteiger partial charge in [-0.05, 0) is 61.2 Å². The summed E-state index contributed by atoms with van der Waals surface area (Å²) >= 11 is 0. The second-order valence-electron chi connectivity index (χ2n) is 5.73. The van der Waals surface area contributed by atoms with Crippen molar-refractivity contribution in [3.05, 3.63) is 53.6 Å². The molecule has 0 saturated heterocycles. The highest BCUT2D eigenvalue weighted by molar-refractivity contribution is 5.81. The maximum atomic E-state index is 11.5. The van der Waals surface area contributed by atoms with Crippen molar-refractivity contribution in [3.8, 4) is 16.9 Å². The van der Waals surface area contributed by atoms with Gasteiger partial charge in [0.25, 0.3) is 0 Å². The van der Waals surface area contributed by atoms with E-state index in [0.29, 0.717) is 0 Å². The maximum absolute atomic E-state index is 11.5. The fourth-order valence-corrected chi connectivity index (χ4v) is 2.78. The van der Waals surface area contributed by atoms with Crippen molar-refractivity contribution >= 4 is 5.78 Å². The number of hydrogen-bond donors (Lipinski definition) is 1. The van der Waals surface area contributed by atoms with E-state index in [9.17, 15) is 4.79 Å². The fraction of sp³-hybridized carbons (Fsp3) is 0.350. The normalized spacial score (nSPS) is 12.0. The summed E-state index contributed by atoms with van der Waals surface area (Å²) < 4.78 is 5.31. The molecule has 2 aromatic rings. The third-order valence-corrected chi connectivity index (χ3v) is 4.24. The largest absolute Gasteiger partial charge is 0.497 e. The van der Waals surface area contributed by atoms with Gasteiger partial charge in [0.05, 0.1) is 13.2 Å². The van der Waals surface area contributed by atoms with E-state index in [1.165, 1.54) is 16.7 Å². The Morgan fingerprint density at radius 2 is 1.87 bits per heavy atom. The lowest BCUT2D eigenvalue weighted by atomic mass is 9.95. The van der Waals surface area contributed by atoms with Crippen LogP contribution in [0.4, 0.5) is 0 Å². The number of aryl methyl sites for hydroxylation is 1. The molecule has 0 aromatic heterocycles. The first-order valence-electron chi connectivity index (χ1n) is 8.03. The fourth-order valence-electron chi connectivity index (χ4n) is 2.78. The monoisotopic (exact) mass is 311 g/mol. The van der Waals surface area contributed by atoms with Gasteiger partial charge in [0.1, 0.15) is 11.5 Å². The van der Waals surface area contributed by atoms with E-state index in [-0.39, 0.29) is 11.8 Å². The number of methoxy groups -OCH3 is 1. The molecule has 0 aliphatic carbocycles. The van der Waals surface area contributed by atoms with E-state index < -0.39 is 0 Å². The Balaban J connectivity index is 2.24. The number of rotatable bonds is 7. The Bertz CT molecular complexity index is 662. The van der Waals surface area contributed by atoms with Crippen LogP contribution in [0.15, 0.2) is 42.5 Å². The zero-order valence-corrected chi connectivity index (χ0v) is 14.3. The summed E-state index contributed by atoms with van der Waals surface area (Å²) in [5, 5.41) is 3.06. The summed E-state index contributed by atoms with van der Waals surface area (Å²) in [6, 6.07) is 14.5. The summed E-state index contributed by atoms with van der Waals surface area (Å²) in [6.45, 7) is 3.78. The molecule has 0 fully saturated rings. The van der Waals surface area contributed by atoms with Crippen molar-refractivity contribution < 1.29 is 9.53 Å². The Morgan fingerprint density at radius 3 is 2.39 bits per heavy atom. The highest BCUT2D eigenvalue weighted by Crippen LogP contribution is 2.28. The standard InChI is InChI=1S/C20H25NO2/c1-5-16-13-18(23-4)10-11-19(16)17-8-6-15(7-9-17)12-20(21-3)14(2)22/h6-11,13,20-21H,5,12H2,1-4H3/t20-/m0/s1. The van der Waals surface area contributed by atoms with Crippen LogP contribution in [0.3, 0.4) is 0 Å². The quantitative estimate of drug-likeness (QED) is 0.848. The molecular weight excluding hydrogens is 286 g/mol. The van der Waals surface area contributed by atoms with Gasteiger partial charge < -0.3 is 10.1 Å². The van der Waals surface area contributed by atoms with E-state index in [2.05, 4.69) is 48.6 Å². The molecule has 1 atom stereocenters. The molecule has 0 heterocycles. The predicted molar refractivity (Wildman–Crippen MR) is 95.0 cm³/mol. The third-order valence-electron chi connectivity index (χ3n) is 4.24. The lowest BCUT2D eigenvalue weighted by molar-refractivity contribution is -0.118. The number of ketones is 1. The van der Waals surface area contributed by atoms with Gasteiger partial charge in [-0.3, -0.25) is 4.79 Å². The van der Waals surface area contributed by atoms with Gasteiger partial charge >= 0.3 is 0 Å². The van der Waals surface area contributed by atoms with Crippen molar-refractivity contribution in [1.82, 2.24) is 5.32 Å². The summed E-state index contributed by atoms with van der Waals surface area (Å²) in [5.41, 5.74) is 4.86. The van der Waals surface area contributed by atoms with Crippen molar-refractivity contribution in [1.29, 1.82) is 0 Å². The summed E-state index contributed by atoms with van der Waals surface area (Å²) in [7, 11) is 3.52. The molecule has 122 valence electrons. The molecule has 0 unspecified atom stereocenters. The number of carbonyl (C=O) groups excluding carboxylic acids is 1. The molecule has 23 heavy (non-hydrogen) atoms. The van der Waals surface area contributed by atoms with Crippen molar-refractivity contribution in [3.63, 3.8) is 0 Å². The second kappa shape index (κ2) is 7.93. The van der Waals surface area contributed by atoms with Gasteiger partial charge in [-0.15, -0.1) is 0 Å². The van der Waals surface area contributed by atoms with E-state index >= 15 is 0 Å². The van der Waals surface area contributed by atoms with Crippen LogP contribution in [0.5, 0.6) is 5.75 Å². The minimum Gasteiger partial charge on any atom is -0.497 e. The summed E-state index contributed by atoms with van der Waals surface area (Å²) in [5.74, 6) is 1.06. The molecule has 2 aromatic carbocycles. The molecule has 3 nitrogen and oxygen atoms in total. The van der Waals surface area contributed by atoms with Gasteiger partial charge in [0.2, 0.25) is 0 Å². The second-order valence-corrected chi connectivity index (χ2v) is 5.73. The van der Waals surface area contributed by atoms with Crippen LogP contribution in [0.1, 0.15) is 25.0 Å². The molecule has 0 amide bonds. The Labute approximate surface area is 138 Å². The van der Waals surface area contributed by atoms with Crippen LogP contribution in [-0.4, -0.2) is 26.0 Å². The highest BCUT2D eigenvalue weighted by atomic mass is 16.5. The zero-order valence-electron chi connectivity index (χ0n) is 14.3. The average Bonchev–Trinajstić information content (AvgIpc) is 2.59. The molecule has 1 N–H and O–H groups in total. The third kappa shape index (κ3) is 4.20. The highest BCUT2D eigenvalue weighted by Gasteiger charge is 2.12. The van der Waals surface area contributed by atoms with Crippen LogP contribution >= 0.6 is 0 Å². The first kappa shape index (κ1) is 17.2. The first-order valence-corrected chi connectivity index (χ1v) is 8.03. The number of Topliss-reactive ketones (excluding diaryl/α,β-unsaturated/α-hetero) is 1. The van der Waals surface area contributed by atoms with Gasteiger partial charge in [0, 0.05) is 0 Å². The topological polar surface area (TPSA) is 38.3 Å². The zero-order chi connectivity index (χ0) is 16.8. The molecule has 2 rings (SSSR count). The number of carbonyl (C=O) groups is 1. The lowest BCUT2D eigenvalue weighted by Crippen LogP contribution is -2.34.